The summed E-state index contributed by atoms with van der Waals surface area (Å²) in [5.41, 5.74) is 1.73. The summed E-state index contributed by atoms with van der Waals surface area (Å²) in [5, 5.41) is 13.6. The summed E-state index contributed by atoms with van der Waals surface area (Å²) >= 11 is 7.19. The highest BCUT2D eigenvalue weighted by molar-refractivity contribution is 7.13. The predicted octanol–water partition coefficient (Wildman–Crippen LogP) is 4.73. The van der Waals surface area contributed by atoms with Gasteiger partial charge in [-0.3, -0.25) is 10.1 Å². The number of thiazole rings is 1. The Morgan fingerprint density at radius 2 is 1.84 bits per heavy atom. The second-order valence-electron chi connectivity index (χ2n) is 5.04. The number of nitro benzene ring substituents is 1. The molecule has 0 aliphatic rings. The van der Waals surface area contributed by atoms with Gasteiger partial charge in [-0.25, -0.2) is 9.78 Å². The van der Waals surface area contributed by atoms with Crippen molar-refractivity contribution in [2.45, 2.75) is 6.61 Å². The molecule has 2 aromatic carbocycles. The fraction of sp³-hybridized carbons (Fsp3) is 0.0588. The maximum atomic E-state index is 12.1. The number of halogens is 1. The molecule has 25 heavy (non-hydrogen) atoms. The van der Waals surface area contributed by atoms with Gasteiger partial charge in [0.2, 0.25) is 0 Å². The van der Waals surface area contributed by atoms with Gasteiger partial charge in [0, 0.05) is 28.1 Å². The number of rotatable bonds is 5. The van der Waals surface area contributed by atoms with Gasteiger partial charge in [0.25, 0.3) is 5.69 Å². The standard InChI is InChI=1S/C17H11ClN2O4S/c18-13-5-3-12(4-6-13)16-19-15(10-25-16)17(21)24-9-11-1-7-14(8-2-11)20(22)23/h1-8,10H,9H2. The molecule has 1 heterocycles. The minimum atomic E-state index is -0.546. The van der Waals surface area contributed by atoms with Gasteiger partial charge >= 0.3 is 5.97 Å². The molecule has 126 valence electrons. The largest absolute Gasteiger partial charge is 0.456 e. The average molecular weight is 375 g/mol. The number of nitro groups is 1. The Kier molecular flexibility index (Phi) is 5.06. The number of hydrogen-bond donors (Lipinski definition) is 0. The molecule has 6 nitrogen and oxygen atoms in total. The third kappa shape index (κ3) is 4.20. The number of non-ortho nitro benzene ring substituents is 1. The van der Waals surface area contributed by atoms with Crippen molar-refractivity contribution in [3.63, 3.8) is 0 Å². The number of hydrogen-bond acceptors (Lipinski definition) is 6. The van der Waals surface area contributed by atoms with Crippen molar-refractivity contribution in [1.82, 2.24) is 4.98 Å². The van der Waals surface area contributed by atoms with E-state index in [4.69, 9.17) is 16.3 Å². The van der Waals surface area contributed by atoms with Crippen LogP contribution in [0.1, 0.15) is 16.1 Å². The smallest absolute Gasteiger partial charge is 0.358 e. The van der Waals surface area contributed by atoms with Crippen LogP contribution < -0.4 is 0 Å². The molecule has 0 spiro atoms. The second-order valence-corrected chi connectivity index (χ2v) is 6.34. The summed E-state index contributed by atoms with van der Waals surface area (Å²) in [6.45, 7) is 0.0185. The van der Waals surface area contributed by atoms with Gasteiger partial charge in [-0.2, -0.15) is 0 Å². The SMILES string of the molecule is O=C(OCc1ccc([N+](=O)[O-])cc1)c1csc(-c2ccc(Cl)cc2)n1. The third-order valence-electron chi connectivity index (χ3n) is 3.32. The highest BCUT2D eigenvalue weighted by atomic mass is 35.5. The van der Waals surface area contributed by atoms with Gasteiger partial charge in [0.05, 0.1) is 4.92 Å². The molecule has 0 saturated heterocycles. The Morgan fingerprint density at radius 3 is 2.48 bits per heavy atom. The van der Waals surface area contributed by atoms with Crippen molar-refractivity contribution < 1.29 is 14.5 Å². The Morgan fingerprint density at radius 1 is 1.16 bits per heavy atom. The third-order valence-corrected chi connectivity index (χ3v) is 4.46. The highest BCUT2D eigenvalue weighted by Crippen LogP contribution is 2.25. The lowest BCUT2D eigenvalue weighted by atomic mass is 10.2. The number of ether oxygens (including phenoxy) is 1. The van der Waals surface area contributed by atoms with E-state index in [0.717, 1.165) is 5.56 Å². The van der Waals surface area contributed by atoms with Crippen LogP contribution in [-0.2, 0) is 11.3 Å². The van der Waals surface area contributed by atoms with E-state index in [0.29, 0.717) is 15.6 Å². The van der Waals surface area contributed by atoms with Crippen LogP contribution in [0.25, 0.3) is 10.6 Å². The van der Waals surface area contributed by atoms with Crippen molar-refractivity contribution in [2.24, 2.45) is 0 Å². The first-order valence-electron chi connectivity index (χ1n) is 7.15. The number of nitrogens with zero attached hydrogens (tertiary/aromatic N) is 2. The molecule has 0 amide bonds. The minimum absolute atomic E-state index is 0.0119. The monoisotopic (exact) mass is 374 g/mol. The molecule has 0 fully saturated rings. The molecular formula is C17H11ClN2O4S. The first-order chi connectivity index (χ1) is 12.0. The Labute approximate surface area is 151 Å². The number of benzene rings is 2. The molecule has 0 atom stereocenters. The van der Waals surface area contributed by atoms with Crippen LogP contribution in [0.15, 0.2) is 53.9 Å². The average Bonchev–Trinajstić information content (AvgIpc) is 3.11. The minimum Gasteiger partial charge on any atom is -0.456 e. The molecule has 3 aromatic rings. The van der Waals surface area contributed by atoms with Crippen molar-refractivity contribution >= 4 is 34.6 Å². The predicted molar refractivity (Wildman–Crippen MR) is 94.8 cm³/mol. The quantitative estimate of drug-likeness (QED) is 0.366. The summed E-state index contributed by atoms with van der Waals surface area (Å²) in [6, 6.07) is 13.0. The zero-order valence-corrected chi connectivity index (χ0v) is 14.3. The number of carbonyl (C=O) groups is 1. The van der Waals surface area contributed by atoms with E-state index in [1.807, 2.05) is 12.1 Å². The first kappa shape index (κ1) is 17.1. The molecule has 0 aliphatic carbocycles. The molecular weight excluding hydrogens is 364 g/mol. The zero-order chi connectivity index (χ0) is 17.8. The summed E-state index contributed by atoms with van der Waals surface area (Å²) in [5.74, 6) is -0.546. The lowest BCUT2D eigenvalue weighted by Gasteiger charge is -2.03. The highest BCUT2D eigenvalue weighted by Gasteiger charge is 2.14. The van der Waals surface area contributed by atoms with Gasteiger partial charge in [-0.15, -0.1) is 11.3 Å². The van der Waals surface area contributed by atoms with Crippen molar-refractivity contribution in [3.05, 3.63) is 80.3 Å². The Hall–Kier alpha value is -2.77. The van der Waals surface area contributed by atoms with Crippen LogP contribution in [0.4, 0.5) is 5.69 Å². The maximum absolute atomic E-state index is 12.1. The molecule has 1 aromatic heterocycles. The van der Waals surface area contributed by atoms with E-state index in [1.54, 1.807) is 29.6 Å². The second kappa shape index (κ2) is 7.42. The molecule has 3 rings (SSSR count). The van der Waals surface area contributed by atoms with Crippen LogP contribution in [0.2, 0.25) is 5.02 Å². The van der Waals surface area contributed by atoms with E-state index < -0.39 is 10.9 Å². The van der Waals surface area contributed by atoms with E-state index in [-0.39, 0.29) is 18.0 Å². The lowest BCUT2D eigenvalue weighted by Crippen LogP contribution is -2.05. The summed E-state index contributed by atoms with van der Waals surface area (Å²) in [6.07, 6.45) is 0. The van der Waals surface area contributed by atoms with Crippen molar-refractivity contribution in [3.8, 4) is 10.6 Å². The van der Waals surface area contributed by atoms with Crippen molar-refractivity contribution in [1.29, 1.82) is 0 Å². The van der Waals surface area contributed by atoms with Crippen LogP contribution in [0, 0.1) is 10.1 Å². The van der Waals surface area contributed by atoms with Gasteiger partial charge in [0.1, 0.15) is 11.6 Å². The van der Waals surface area contributed by atoms with Crippen LogP contribution in [0.3, 0.4) is 0 Å². The molecule has 0 N–H and O–H groups in total. The fourth-order valence-electron chi connectivity index (χ4n) is 2.03. The van der Waals surface area contributed by atoms with Gasteiger partial charge in [-0.1, -0.05) is 23.7 Å². The van der Waals surface area contributed by atoms with Crippen LogP contribution in [-0.4, -0.2) is 15.9 Å². The van der Waals surface area contributed by atoms with Gasteiger partial charge in [-0.05, 0) is 29.8 Å². The summed E-state index contributed by atoms with van der Waals surface area (Å²) in [4.78, 5) is 26.5. The molecule has 0 bridgehead atoms. The summed E-state index contributed by atoms with van der Waals surface area (Å²) in [7, 11) is 0. The summed E-state index contributed by atoms with van der Waals surface area (Å²) < 4.78 is 5.20. The number of esters is 1. The van der Waals surface area contributed by atoms with Gasteiger partial charge < -0.3 is 4.74 Å². The fourth-order valence-corrected chi connectivity index (χ4v) is 2.95. The van der Waals surface area contributed by atoms with Crippen molar-refractivity contribution in [2.75, 3.05) is 0 Å². The zero-order valence-electron chi connectivity index (χ0n) is 12.7. The molecule has 8 heteroatoms. The molecule has 0 saturated carbocycles. The number of aromatic nitrogens is 1. The molecule has 0 unspecified atom stereocenters. The van der Waals surface area contributed by atoms with Crippen LogP contribution >= 0.6 is 22.9 Å². The number of carbonyl (C=O) groups excluding carboxylic acids is 1. The Bertz CT molecular complexity index is 907. The maximum Gasteiger partial charge on any atom is 0.358 e. The molecule has 0 radical (unpaired) electrons. The Balaban J connectivity index is 1.63. The van der Waals surface area contributed by atoms with E-state index in [9.17, 15) is 14.9 Å². The molecule has 0 aliphatic heterocycles. The van der Waals surface area contributed by atoms with E-state index in [1.165, 1.54) is 23.5 Å². The first-order valence-corrected chi connectivity index (χ1v) is 8.40. The van der Waals surface area contributed by atoms with E-state index in [2.05, 4.69) is 4.98 Å². The van der Waals surface area contributed by atoms with Gasteiger partial charge in [0.15, 0.2) is 5.69 Å². The lowest BCUT2D eigenvalue weighted by molar-refractivity contribution is -0.384. The van der Waals surface area contributed by atoms with Crippen LogP contribution in [0.5, 0.6) is 0 Å². The van der Waals surface area contributed by atoms with E-state index >= 15 is 0 Å². The topological polar surface area (TPSA) is 82.3 Å². The normalized spacial score (nSPS) is 10.4.